The zero-order valence-electron chi connectivity index (χ0n) is 8.28. The summed E-state index contributed by atoms with van der Waals surface area (Å²) >= 11 is -0.0522. The van der Waals surface area contributed by atoms with Crippen LogP contribution in [0, 0.1) is 0 Å². The van der Waals surface area contributed by atoms with Gasteiger partial charge in [-0.15, -0.1) is 0 Å². The molecule has 14 heavy (non-hydrogen) atoms. The van der Waals surface area contributed by atoms with Crippen LogP contribution in [0.5, 0.6) is 0 Å². The molecule has 4 nitrogen and oxygen atoms in total. The summed E-state index contributed by atoms with van der Waals surface area (Å²) in [6, 6.07) is 0. The first-order chi connectivity index (χ1) is 6.74. The zero-order valence-corrected chi connectivity index (χ0v) is 10.4. The molecule has 1 aliphatic rings. The van der Waals surface area contributed by atoms with Gasteiger partial charge in [-0.05, 0) is 0 Å². The van der Waals surface area contributed by atoms with Crippen molar-refractivity contribution in [2.24, 2.45) is 0 Å². The average molecular weight is 263 g/mol. The monoisotopic (exact) mass is 263 g/mol. The van der Waals surface area contributed by atoms with Gasteiger partial charge in [0.2, 0.25) is 0 Å². The molecule has 0 aromatic carbocycles. The van der Waals surface area contributed by atoms with Gasteiger partial charge in [0, 0.05) is 0 Å². The standard InChI is InChI=1S/C9H18AsNO3/c12-6-2-4-10-8-3-1-5-11(7-8)9(13)14/h8,10,12H,1-7H2,(H,13,14). The van der Waals surface area contributed by atoms with Gasteiger partial charge in [0.25, 0.3) is 0 Å². The molecule has 2 atom stereocenters. The fourth-order valence-corrected chi connectivity index (χ4v) is 4.91. The Labute approximate surface area is 91.0 Å². The van der Waals surface area contributed by atoms with Gasteiger partial charge in [0.1, 0.15) is 0 Å². The van der Waals surface area contributed by atoms with Crippen LogP contribution >= 0.6 is 0 Å². The van der Waals surface area contributed by atoms with E-state index in [1.165, 1.54) is 11.3 Å². The molecule has 1 saturated heterocycles. The number of hydrogen-bond acceptors (Lipinski definition) is 2. The average Bonchev–Trinajstić information content (AvgIpc) is 2.19. The molecule has 1 fully saturated rings. The van der Waals surface area contributed by atoms with Crippen molar-refractivity contribution in [3.63, 3.8) is 0 Å². The van der Waals surface area contributed by atoms with Crippen LogP contribution in [-0.4, -0.2) is 56.7 Å². The van der Waals surface area contributed by atoms with Crippen molar-refractivity contribution < 1.29 is 15.0 Å². The van der Waals surface area contributed by atoms with Gasteiger partial charge < -0.3 is 0 Å². The van der Waals surface area contributed by atoms with Gasteiger partial charge in [-0.3, -0.25) is 0 Å². The van der Waals surface area contributed by atoms with Gasteiger partial charge in [0.05, 0.1) is 0 Å². The van der Waals surface area contributed by atoms with Crippen LogP contribution in [0.4, 0.5) is 4.79 Å². The number of carbonyl (C=O) groups is 1. The third-order valence-electron chi connectivity index (χ3n) is 2.46. The van der Waals surface area contributed by atoms with E-state index in [1.807, 2.05) is 0 Å². The molecule has 0 spiro atoms. The van der Waals surface area contributed by atoms with Crippen LogP contribution in [0.1, 0.15) is 19.3 Å². The molecule has 0 aromatic rings. The summed E-state index contributed by atoms with van der Waals surface area (Å²) in [5, 5.41) is 18.6. The summed E-state index contributed by atoms with van der Waals surface area (Å²) in [4.78, 5) is 12.3. The molecule has 2 unspecified atom stereocenters. The minimum atomic E-state index is -0.775. The number of aliphatic hydroxyl groups excluding tert-OH is 1. The van der Waals surface area contributed by atoms with E-state index in [-0.39, 0.29) is 22.4 Å². The van der Waals surface area contributed by atoms with Crippen LogP contribution in [0.15, 0.2) is 0 Å². The third kappa shape index (κ3) is 3.89. The quantitative estimate of drug-likeness (QED) is 0.582. The second-order valence-electron chi connectivity index (χ2n) is 3.60. The summed E-state index contributed by atoms with van der Waals surface area (Å²) in [7, 11) is 0. The Balaban J connectivity index is 2.22. The first-order valence-electron chi connectivity index (χ1n) is 5.06. The van der Waals surface area contributed by atoms with Crippen molar-refractivity contribution in [1.82, 2.24) is 4.90 Å². The number of rotatable bonds is 4. The van der Waals surface area contributed by atoms with Crippen LogP contribution in [-0.2, 0) is 0 Å². The van der Waals surface area contributed by atoms with E-state index >= 15 is 0 Å². The normalized spacial score (nSPS) is 23.2. The van der Waals surface area contributed by atoms with Gasteiger partial charge in [0.15, 0.2) is 0 Å². The van der Waals surface area contributed by atoms with Gasteiger partial charge in [-0.2, -0.15) is 0 Å². The van der Waals surface area contributed by atoms with Crippen molar-refractivity contribution in [1.29, 1.82) is 0 Å². The summed E-state index contributed by atoms with van der Waals surface area (Å²) < 4.78 is 0.631. The molecule has 0 aromatic heterocycles. The van der Waals surface area contributed by atoms with E-state index in [0.717, 1.165) is 24.6 Å². The molecule has 1 amide bonds. The predicted octanol–water partition coefficient (Wildman–Crippen LogP) is 0.786. The van der Waals surface area contributed by atoms with Gasteiger partial charge in [-0.1, -0.05) is 0 Å². The van der Waals surface area contributed by atoms with E-state index in [0.29, 0.717) is 11.3 Å². The van der Waals surface area contributed by atoms with Crippen molar-refractivity contribution in [2.45, 2.75) is 29.2 Å². The molecule has 1 aliphatic heterocycles. The second kappa shape index (κ2) is 6.31. The van der Waals surface area contributed by atoms with E-state index in [1.54, 1.807) is 0 Å². The van der Waals surface area contributed by atoms with Gasteiger partial charge >= 0.3 is 90.6 Å². The van der Waals surface area contributed by atoms with Gasteiger partial charge in [-0.25, -0.2) is 0 Å². The predicted molar refractivity (Wildman–Crippen MR) is 56.2 cm³/mol. The molecule has 5 heteroatoms. The zero-order chi connectivity index (χ0) is 10.4. The SMILES string of the molecule is O=C(O)N1CCCC([AsH]CCCO)C1. The van der Waals surface area contributed by atoms with Crippen LogP contribution < -0.4 is 0 Å². The van der Waals surface area contributed by atoms with E-state index in [2.05, 4.69) is 0 Å². The summed E-state index contributed by atoms with van der Waals surface area (Å²) in [5.74, 6) is 0. The molecule has 82 valence electrons. The molecule has 1 rings (SSSR count). The van der Waals surface area contributed by atoms with Crippen molar-refractivity contribution in [2.75, 3.05) is 19.7 Å². The van der Waals surface area contributed by atoms with Crippen LogP contribution in [0.25, 0.3) is 0 Å². The van der Waals surface area contributed by atoms with E-state index in [4.69, 9.17) is 10.2 Å². The Morgan fingerprint density at radius 3 is 3.00 bits per heavy atom. The number of hydrogen-bond donors (Lipinski definition) is 2. The van der Waals surface area contributed by atoms with Crippen molar-refractivity contribution in [3.8, 4) is 0 Å². The van der Waals surface area contributed by atoms with E-state index in [9.17, 15) is 4.79 Å². The maximum absolute atomic E-state index is 10.7. The number of aliphatic hydroxyl groups is 1. The first kappa shape index (κ1) is 11.9. The molecule has 0 radical (unpaired) electrons. The Hall–Kier alpha value is -0.212. The Morgan fingerprint density at radius 1 is 1.57 bits per heavy atom. The molecule has 0 aliphatic carbocycles. The number of piperidine rings is 1. The molecular weight excluding hydrogens is 245 g/mol. The van der Waals surface area contributed by atoms with Crippen molar-refractivity contribution in [3.05, 3.63) is 0 Å². The minimum absolute atomic E-state index is 0.0522. The molecule has 0 bridgehead atoms. The molecule has 2 N–H and O–H groups in total. The molecular formula is C9H18AsNO3. The van der Waals surface area contributed by atoms with Crippen LogP contribution in [0.3, 0.4) is 0 Å². The van der Waals surface area contributed by atoms with Crippen molar-refractivity contribution >= 4 is 21.8 Å². The third-order valence-corrected chi connectivity index (χ3v) is 6.01. The Bertz CT molecular complexity index is 189. The number of amides is 1. The maximum atomic E-state index is 10.7. The molecule has 1 heterocycles. The molecule has 0 saturated carbocycles. The summed E-state index contributed by atoms with van der Waals surface area (Å²) in [5.41, 5.74) is 0. The topological polar surface area (TPSA) is 60.8 Å². The Kier molecular flexibility index (Phi) is 5.34. The number of carboxylic acid groups (broad SMARTS) is 1. The number of likely N-dealkylation sites (tertiary alicyclic amines) is 1. The fraction of sp³-hybridized carbons (Fsp3) is 0.889. The summed E-state index contributed by atoms with van der Waals surface area (Å²) in [6.07, 6.45) is 2.32. The van der Waals surface area contributed by atoms with Crippen LogP contribution in [0.2, 0.25) is 9.91 Å². The second-order valence-corrected chi connectivity index (χ2v) is 7.22. The number of nitrogens with zero attached hydrogens (tertiary/aromatic N) is 1. The first-order valence-corrected chi connectivity index (χ1v) is 7.75. The van der Waals surface area contributed by atoms with E-state index < -0.39 is 6.09 Å². The fourth-order valence-electron chi connectivity index (χ4n) is 1.70. The Morgan fingerprint density at radius 2 is 2.36 bits per heavy atom. The summed E-state index contributed by atoms with van der Waals surface area (Å²) in [6.45, 7) is 1.72.